The molecule has 0 bridgehead atoms. The Bertz CT molecular complexity index is 1480. The van der Waals surface area contributed by atoms with Crippen molar-refractivity contribution >= 4 is 46.3 Å². The maximum atomic E-state index is 13.3. The van der Waals surface area contributed by atoms with E-state index in [1.54, 1.807) is 72.8 Å². The van der Waals surface area contributed by atoms with Gasteiger partial charge in [0, 0.05) is 5.69 Å². The number of nitrogens with zero attached hydrogens (tertiary/aromatic N) is 1. The van der Waals surface area contributed by atoms with Crippen molar-refractivity contribution in [2.24, 2.45) is 5.10 Å². The topological polar surface area (TPSA) is 109 Å². The molecular weight excluding hydrogens is 640 g/mol. The van der Waals surface area contributed by atoms with Crippen LogP contribution in [-0.2, 0) is 15.2 Å². The standard InChI is InChI=1S/C31H27FIN3O5/c1-2-40-27-18-21(17-26(33)29(27)41-20-28(37)35-25-15-13-24(32)14-16-25)19-34-36-30(38)31(39,22-9-5-3-6-10-22)23-11-7-4-8-12-23/h3-19,39H,2,20H2,1H3,(H,35,37)(H,36,38)/b34-19-. The van der Waals surface area contributed by atoms with Gasteiger partial charge in [-0.05, 0) is 82.6 Å². The number of amides is 2. The molecule has 2 amide bonds. The minimum atomic E-state index is -1.96. The zero-order chi connectivity index (χ0) is 29.2. The number of carbonyl (C=O) groups is 2. The van der Waals surface area contributed by atoms with Gasteiger partial charge in [0.1, 0.15) is 5.82 Å². The summed E-state index contributed by atoms with van der Waals surface area (Å²) in [5, 5.41) is 18.3. The van der Waals surface area contributed by atoms with E-state index in [1.807, 2.05) is 6.92 Å². The maximum absolute atomic E-state index is 13.3. The van der Waals surface area contributed by atoms with Crippen LogP contribution in [0.2, 0.25) is 0 Å². The van der Waals surface area contributed by atoms with Crippen LogP contribution in [0, 0.1) is 9.39 Å². The number of halogens is 2. The summed E-state index contributed by atoms with van der Waals surface area (Å²) in [5.41, 5.74) is 2.32. The van der Waals surface area contributed by atoms with Crippen LogP contribution in [-0.4, -0.2) is 36.3 Å². The smallest absolute Gasteiger partial charge is 0.281 e. The number of hydrogen-bond donors (Lipinski definition) is 3. The molecule has 0 aliphatic carbocycles. The van der Waals surface area contributed by atoms with Crippen LogP contribution in [0.1, 0.15) is 23.6 Å². The first kappa shape index (κ1) is 29.7. The lowest BCUT2D eigenvalue weighted by Crippen LogP contribution is -2.43. The zero-order valence-electron chi connectivity index (χ0n) is 22.0. The summed E-state index contributed by atoms with van der Waals surface area (Å²) < 4.78 is 25.2. The molecule has 0 aliphatic heterocycles. The van der Waals surface area contributed by atoms with E-state index in [2.05, 4.69) is 38.4 Å². The van der Waals surface area contributed by atoms with Crippen LogP contribution in [0.5, 0.6) is 11.5 Å². The monoisotopic (exact) mass is 667 g/mol. The molecule has 210 valence electrons. The minimum absolute atomic E-state index is 0.297. The summed E-state index contributed by atoms with van der Waals surface area (Å²) >= 11 is 2.05. The SMILES string of the molecule is CCOc1cc(/C=N\NC(=O)C(O)(c2ccccc2)c2ccccc2)cc(I)c1OCC(=O)Nc1ccc(F)cc1. The molecule has 4 aromatic rings. The maximum Gasteiger partial charge on any atom is 0.281 e. The Labute approximate surface area is 250 Å². The quantitative estimate of drug-likeness (QED) is 0.115. The molecule has 0 saturated heterocycles. The average molecular weight is 667 g/mol. The molecule has 0 saturated carbocycles. The number of benzene rings is 4. The molecule has 0 spiro atoms. The van der Waals surface area contributed by atoms with Gasteiger partial charge < -0.3 is 19.9 Å². The number of aliphatic hydroxyl groups is 1. The summed E-state index contributed by atoms with van der Waals surface area (Å²) in [4.78, 5) is 25.6. The number of ether oxygens (including phenoxy) is 2. The third-order valence-corrected chi connectivity index (χ3v) is 6.70. The molecule has 0 unspecified atom stereocenters. The molecule has 0 atom stereocenters. The molecule has 4 rings (SSSR count). The van der Waals surface area contributed by atoms with Gasteiger partial charge in [-0.2, -0.15) is 5.10 Å². The number of anilines is 1. The fourth-order valence-electron chi connectivity index (χ4n) is 3.97. The number of hydrogen-bond acceptors (Lipinski definition) is 6. The van der Waals surface area contributed by atoms with E-state index in [0.29, 0.717) is 44.1 Å². The van der Waals surface area contributed by atoms with Crippen LogP contribution in [0.4, 0.5) is 10.1 Å². The van der Waals surface area contributed by atoms with Crippen LogP contribution < -0.4 is 20.2 Å². The van der Waals surface area contributed by atoms with Gasteiger partial charge in [-0.15, -0.1) is 0 Å². The lowest BCUT2D eigenvalue weighted by molar-refractivity contribution is -0.136. The first-order valence-electron chi connectivity index (χ1n) is 12.6. The molecule has 0 aliphatic rings. The Morgan fingerprint density at radius 1 is 0.951 bits per heavy atom. The molecular formula is C31H27FIN3O5. The first-order valence-corrected chi connectivity index (χ1v) is 13.7. The summed E-state index contributed by atoms with van der Waals surface area (Å²) in [6.07, 6.45) is 1.42. The van der Waals surface area contributed by atoms with Gasteiger partial charge in [-0.25, -0.2) is 9.82 Å². The van der Waals surface area contributed by atoms with Gasteiger partial charge in [0.25, 0.3) is 11.8 Å². The van der Waals surface area contributed by atoms with Gasteiger partial charge in [-0.3, -0.25) is 9.59 Å². The van der Waals surface area contributed by atoms with E-state index < -0.39 is 23.2 Å². The fourth-order valence-corrected chi connectivity index (χ4v) is 4.75. The highest BCUT2D eigenvalue weighted by Crippen LogP contribution is 2.34. The molecule has 41 heavy (non-hydrogen) atoms. The van der Waals surface area contributed by atoms with Crippen molar-refractivity contribution in [2.45, 2.75) is 12.5 Å². The van der Waals surface area contributed by atoms with E-state index in [4.69, 9.17) is 9.47 Å². The third kappa shape index (κ3) is 7.47. The van der Waals surface area contributed by atoms with Gasteiger partial charge in [0.15, 0.2) is 23.7 Å². The van der Waals surface area contributed by atoms with Gasteiger partial charge in [0.2, 0.25) is 0 Å². The first-order chi connectivity index (χ1) is 19.8. The lowest BCUT2D eigenvalue weighted by Gasteiger charge is -2.27. The van der Waals surface area contributed by atoms with Gasteiger partial charge in [-0.1, -0.05) is 60.7 Å². The van der Waals surface area contributed by atoms with Crippen molar-refractivity contribution < 1.29 is 28.6 Å². The number of rotatable bonds is 11. The molecule has 0 heterocycles. The highest BCUT2D eigenvalue weighted by Gasteiger charge is 2.39. The van der Waals surface area contributed by atoms with Crippen molar-refractivity contribution in [1.82, 2.24) is 5.43 Å². The second-order valence-electron chi connectivity index (χ2n) is 8.75. The summed E-state index contributed by atoms with van der Waals surface area (Å²) in [5.74, 6) is -0.802. The Hall–Kier alpha value is -4.29. The molecule has 4 aromatic carbocycles. The van der Waals surface area contributed by atoms with Gasteiger partial charge in [0.05, 0.1) is 16.4 Å². The predicted molar refractivity (Wildman–Crippen MR) is 162 cm³/mol. The van der Waals surface area contributed by atoms with E-state index in [0.717, 1.165) is 0 Å². The van der Waals surface area contributed by atoms with Crippen LogP contribution >= 0.6 is 22.6 Å². The van der Waals surface area contributed by atoms with Crippen LogP contribution in [0.15, 0.2) is 102 Å². The Balaban J connectivity index is 1.48. The van der Waals surface area contributed by atoms with Crippen LogP contribution in [0.25, 0.3) is 0 Å². The summed E-state index contributed by atoms with van der Waals surface area (Å²) in [6, 6.07) is 26.1. The van der Waals surface area contributed by atoms with E-state index >= 15 is 0 Å². The summed E-state index contributed by atoms with van der Waals surface area (Å²) in [7, 11) is 0. The van der Waals surface area contributed by atoms with Crippen molar-refractivity contribution in [3.63, 3.8) is 0 Å². The van der Waals surface area contributed by atoms with Crippen molar-refractivity contribution in [3.05, 3.63) is 123 Å². The highest BCUT2D eigenvalue weighted by molar-refractivity contribution is 14.1. The van der Waals surface area contributed by atoms with Crippen LogP contribution in [0.3, 0.4) is 0 Å². The predicted octanol–water partition coefficient (Wildman–Crippen LogP) is 5.23. The number of hydrazone groups is 1. The second kappa shape index (κ2) is 13.9. The van der Waals surface area contributed by atoms with Crippen molar-refractivity contribution in [1.29, 1.82) is 0 Å². The van der Waals surface area contributed by atoms with Crippen molar-refractivity contribution in [2.75, 3.05) is 18.5 Å². The van der Waals surface area contributed by atoms with E-state index in [-0.39, 0.29) is 6.61 Å². The highest BCUT2D eigenvalue weighted by atomic mass is 127. The Morgan fingerprint density at radius 2 is 1.56 bits per heavy atom. The second-order valence-corrected chi connectivity index (χ2v) is 9.91. The molecule has 3 N–H and O–H groups in total. The fraction of sp³-hybridized carbons (Fsp3) is 0.129. The molecule has 0 fully saturated rings. The average Bonchev–Trinajstić information content (AvgIpc) is 2.98. The number of nitrogens with one attached hydrogen (secondary N) is 2. The zero-order valence-corrected chi connectivity index (χ0v) is 24.2. The summed E-state index contributed by atoms with van der Waals surface area (Å²) in [6.45, 7) is 1.86. The lowest BCUT2D eigenvalue weighted by atomic mass is 9.85. The minimum Gasteiger partial charge on any atom is -0.490 e. The van der Waals surface area contributed by atoms with E-state index in [9.17, 15) is 19.1 Å². The normalized spacial score (nSPS) is 11.2. The van der Waals surface area contributed by atoms with E-state index in [1.165, 1.54) is 30.5 Å². The molecule has 8 nitrogen and oxygen atoms in total. The molecule has 0 radical (unpaired) electrons. The largest absolute Gasteiger partial charge is 0.490 e. The Kier molecular flexibility index (Phi) is 10.0. The van der Waals surface area contributed by atoms with Gasteiger partial charge >= 0.3 is 0 Å². The Morgan fingerprint density at radius 3 is 2.15 bits per heavy atom. The molecule has 0 aromatic heterocycles. The molecule has 10 heteroatoms. The number of carbonyl (C=O) groups excluding carboxylic acids is 2. The van der Waals surface area contributed by atoms with Crippen molar-refractivity contribution in [3.8, 4) is 11.5 Å². The third-order valence-electron chi connectivity index (χ3n) is 5.90.